The summed E-state index contributed by atoms with van der Waals surface area (Å²) in [6, 6.07) is 0. The molecule has 0 aliphatic rings. The maximum absolute atomic E-state index is 9.23. The summed E-state index contributed by atoms with van der Waals surface area (Å²) in [5.41, 5.74) is -0.0528. The topological polar surface area (TPSA) is 40.5 Å². The first-order chi connectivity index (χ1) is 4.50. The van der Waals surface area contributed by atoms with Crippen molar-refractivity contribution in [1.29, 1.82) is 0 Å². The first-order valence-corrected chi connectivity index (χ1v) is 3.79. The fourth-order valence-electron chi connectivity index (χ4n) is 0.744. The van der Waals surface area contributed by atoms with Crippen LogP contribution in [0.2, 0.25) is 0 Å². The molecule has 0 radical (unpaired) electrons. The van der Waals surface area contributed by atoms with Gasteiger partial charge in [-0.1, -0.05) is 13.8 Å². The summed E-state index contributed by atoms with van der Waals surface area (Å²) in [6.07, 6.45) is 1.36. The van der Waals surface area contributed by atoms with Crippen LogP contribution in [0.25, 0.3) is 0 Å². The summed E-state index contributed by atoms with van der Waals surface area (Å²) in [6.45, 7) is 6.02. The average Bonchev–Trinajstić information content (AvgIpc) is 1.84. The second kappa shape index (κ2) is 3.94. The highest BCUT2D eigenvalue weighted by Crippen LogP contribution is 2.26. The van der Waals surface area contributed by atoms with E-state index in [-0.39, 0.29) is 18.1 Å². The maximum Gasteiger partial charge on any atom is 0.0563 e. The van der Waals surface area contributed by atoms with Crippen LogP contribution in [0.5, 0.6) is 0 Å². The SMILES string of the molecule is CC(O)C(C)(C)CCCO. The van der Waals surface area contributed by atoms with Crippen molar-refractivity contribution in [1.82, 2.24) is 0 Å². The Balaban J connectivity index is 3.63. The van der Waals surface area contributed by atoms with Gasteiger partial charge in [0.25, 0.3) is 0 Å². The largest absolute Gasteiger partial charge is 0.396 e. The van der Waals surface area contributed by atoms with Crippen molar-refractivity contribution in [2.45, 2.75) is 39.7 Å². The highest BCUT2D eigenvalue weighted by Gasteiger charge is 2.22. The molecule has 10 heavy (non-hydrogen) atoms. The van der Waals surface area contributed by atoms with Gasteiger partial charge in [-0.05, 0) is 25.2 Å². The molecule has 1 unspecified atom stereocenters. The van der Waals surface area contributed by atoms with Gasteiger partial charge < -0.3 is 10.2 Å². The lowest BCUT2D eigenvalue weighted by Gasteiger charge is -2.27. The van der Waals surface area contributed by atoms with Crippen molar-refractivity contribution in [2.24, 2.45) is 5.41 Å². The lowest BCUT2D eigenvalue weighted by atomic mass is 9.83. The Bertz CT molecular complexity index is 87.3. The Morgan fingerprint density at radius 1 is 1.40 bits per heavy atom. The minimum Gasteiger partial charge on any atom is -0.396 e. The zero-order valence-corrected chi connectivity index (χ0v) is 7.09. The van der Waals surface area contributed by atoms with Crippen LogP contribution in [0, 0.1) is 5.41 Å². The summed E-state index contributed by atoms with van der Waals surface area (Å²) in [5.74, 6) is 0. The van der Waals surface area contributed by atoms with Crippen molar-refractivity contribution in [3.8, 4) is 0 Å². The van der Waals surface area contributed by atoms with Crippen molar-refractivity contribution < 1.29 is 10.2 Å². The van der Waals surface area contributed by atoms with E-state index in [0.717, 1.165) is 12.8 Å². The van der Waals surface area contributed by atoms with Crippen LogP contribution in [0.3, 0.4) is 0 Å². The van der Waals surface area contributed by atoms with E-state index in [4.69, 9.17) is 5.11 Å². The normalized spacial score (nSPS) is 15.3. The van der Waals surface area contributed by atoms with Gasteiger partial charge in [0, 0.05) is 6.61 Å². The molecule has 2 N–H and O–H groups in total. The molecule has 2 heteroatoms. The van der Waals surface area contributed by atoms with Crippen LogP contribution in [0.4, 0.5) is 0 Å². The molecule has 0 aromatic rings. The van der Waals surface area contributed by atoms with Gasteiger partial charge in [0.1, 0.15) is 0 Å². The van der Waals surface area contributed by atoms with E-state index in [1.54, 1.807) is 6.92 Å². The van der Waals surface area contributed by atoms with E-state index >= 15 is 0 Å². The van der Waals surface area contributed by atoms with Crippen LogP contribution in [-0.2, 0) is 0 Å². The average molecular weight is 146 g/mol. The van der Waals surface area contributed by atoms with E-state index < -0.39 is 0 Å². The van der Waals surface area contributed by atoms with Gasteiger partial charge in [0.2, 0.25) is 0 Å². The molecule has 0 aliphatic heterocycles. The molecular formula is C8H18O2. The van der Waals surface area contributed by atoms with Gasteiger partial charge in [0.15, 0.2) is 0 Å². The summed E-state index contributed by atoms with van der Waals surface area (Å²) in [4.78, 5) is 0. The summed E-state index contributed by atoms with van der Waals surface area (Å²) < 4.78 is 0. The zero-order valence-electron chi connectivity index (χ0n) is 7.09. The van der Waals surface area contributed by atoms with Crippen molar-refractivity contribution in [3.63, 3.8) is 0 Å². The second-order valence-electron chi connectivity index (χ2n) is 3.49. The quantitative estimate of drug-likeness (QED) is 0.625. The number of hydrogen-bond acceptors (Lipinski definition) is 2. The van der Waals surface area contributed by atoms with Crippen molar-refractivity contribution >= 4 is 0 Å². The van der Waals surface area contributed by atoms with Gasteiger partial charge >= 0.3 is 0 Å². The molecule has 1 atom stereocenters. The first kappa shape index (κ1) is 9.92. The molecule has 0 aliphatic carbocycles. The van der Waals surface area contributed by atoms with Gasteiger partial charge in [-0.15, -0.1) is 0 Å². The highest BCUT2D eigenvalue weighted by atomic mass is 16.3. The van der Waals surface area contributed by atoms with Crippen LogP contribution in [0.15, 0.2) is 0 Å². The molecule has 0 saturated carbocycles. The van der Waals surface area contributed by atoms with E-state index in [1.807, 2.05) is 13.8 Å². The standard InChI is InChI=1S/C8H18O2/c1-7(10)8(2,3)5-4-6-9/h7,9-10H,4-6H2,1-3H3. The van der Waals surface area contributed by atoms with Gasteiger partial charge in [0.05, 0.1) is 6.10 Å². The fraction of sp³-hybridized carbons (Fsp3) is 1.00. The third-order valence-electron chi connectivity index (χ3n) is 2.11. The Labute approximate surface area is 62.9 Å². The van der Waals surface area contributed by atoms with Crippen molar-refractivity contribution in [2.75, 3.05) is 6.61 Å². The summed E-state index contributed by atoms with van der Waals surface area (Å²) in [7, 11) is 0. The highest BCUT2D eigenvalue weighted by molar-refractivity contribution is 4.73. The smallest absolute Gasteiger partial charge is 0.0563 e. The number of hydrogen-bond donors (Lipinski definition) is 2. The summed E-state index contributed by atoms with van der Waals surface area (Å²) in [5, 5.41) is 17.8. The summed E-state index contributed by atoms with van der Waals surface area (Å²) >= 11 is 0. The fourth-order valence-corrected chi connectivity index (χ4v) is 0.744. The molecule has 62 valence electrons. The molecule has 0 bridgehead atoms. The Morgan fingerprint density at radius 2 is 1.90 bits per heavy atom. The Hall–Kier alpha value is -0.0800. The zero-order chi connectivity index (χ0) is 8.20. The van der Waals surface area contributed by atoms with E-state index in [1.165, 1.54) is 0 Å². The maximum atomic E-state index is 9.23. The number of aliphatic hydroxyl groups is 2. The molecule has 0 spiro atoms. The molecular weight excluding hydrogens is 128 g/mol. The minimum atomic E-state index is -0.293. The van der Waals surface area contributed by atoms with Crippen LogP contribution in [-0.4, -0.2) is 22.9 Å². The Kier molecular flexibility index (Phi) is 3.91. The third kappa shape index (κ3) is 3.18. The molecule has 0 amide bonds. The van der Waals surface area contributed by atoms with Gasteiger partial charge in [-0.2, -0.15) is 0 Å². The molecule has 0 aromatic carbocycles. The predicted molar refractivity (Wildman–Crippen MR) is 41.8 cm³/mol. The minimum absolute atomic E-state index is 0.0528. The second-order valence-corrected chi connectivity index (χ2v) is 3.49. The number of rotatable bonds is 4. The van der Waals surface area contributed by atoms with Crippen LogP contribution in [0.1, 0.15) is 33.6 Å². The van der Waals surface area contributed by atoms with Crippen LogP contribution < -0.4 is 0 Å². The van der Waals surface area contributed by atoms with Crippen molar-refractivity contribution in [3.05, 3.63) is 0 Å². The van der Waals surface area contributed by atoms with Gasteiger partial charge in [-0.25, -0.2) is 0 Å². The monoisotopic (exact) mass is 146 g/mol. The molecule has 0 saturated heterocycles. The lowest BCUT2D eigenvalue weighted by molar-refractivity contribution is 0.0543. The van der Waals surface area contributed by atoms with Crippen LogP contribution >= 0.6 is 0 Å². The van der Waals surface area contributed by atoms with E-state index in [9.17, 15) is 5.11 Å². The molecule has 0 rings (SSSR count). The predicted octanol–water partition coefficient (Wildman–Crippen LogP) is 1.17. The Morgan fingerprint density at radius 3 is 2.20 bits per heavy atom. The number of aliphatic hydroxyl groups excluding tert-OH is 2. The molecule has 0 fully saturated rings. The van der Waals surface area contributed by atoms with E-state index in [2.05, 4.69) is 0 Å². The van der Waals surface area contributed by atoms with Gasteiger partial charge in [-0.3, -0.25) is 0 Å². The molecule has 2 nitrogen and oxygen atoms in total. The van der Waals surface area contributed by atoms with E-state index in [0.29, 0.717) is 0 Å². The first-order valence-electron chi connectivity index (χ1n) is 3.79. The molecule has 0 aromatic heterocycles. The molecule has 0 heterocycles. The third-order valence-corrected chi connectivity index (χ3v) is 2.11. The lowest BCUT2D eigenvalue weighted by Crippen LogP contribution is -2.26.